The molecule has 1 aliphatic rings. The molecule has 4 nitrogen and oxygen atoms in total. The van der Waals surface area contributed by atoms with Crippen LogP contribution in [-0.2, 0) is 4.79 Å². The number of carbonyl (C=O) groups excluding carboxylic acids is 1. The molecule has 1 amide bonds. The first-order valence-electron chi connectivity index (χ1n) is 6.46. The summed E-state index contributed by atoms with van der Waals surface area (Å²) in [6.07, 6.45) is 3.51. The Bertz CT molecular complexity index is 476. The third-order valence-electron chi connectivity index (χ3n) is 3.85. The molecule has 0 atom stereocenters. The molecule has 0 heterocycles. The molecule has 112 valence electrons. The van der Waals surface area contributed by atoms with Gasteiger partial charge in [-0.3, -0.25) is 4.79 Å². The lowest BCUT2D eigenvalue weighted by atomic mass is 9.85. The van der Waals surface area contributed by atoms with Crippen LogP contribution in [-0.4, -0.2) is 19.6 Å². The molecular weight excluding hydrogens is 283 g/mol. The van der Waals surface area contributed by atoms with Crippen molar-refractivity contribution in [1.29, 1.82) is 0 Å². The molecule has 1 saturated carbocycles. The van der Waals surface area contributed by atoms with Crippen molar-refractivity contribution in [2.75, 3.05) is 19.0 Å². The summed E-state index contributed by atoms with van der Waals surface area (Å²) in [6.45, 7) is 0.296. The van der Waals surface area contributed by atoms with Gasteiger partial charge in [0.2, 0.25) is 5.91 Å². The maximum Gasteiger partial charge on any atom is 0.231 e. The Morgan fingerprint density at radius 3 is 2.65 bits per heavy atom. The van der Waals surface area contributed by atoms with Crippen LogP contribution >= 0.6 is 12.4 Å². The van der Waals surface area contributed by atoms with Crippen LogP contribution in [0, 0.1) is 11.2 Å². The van der Waals surface area contributed by atoms with Crippen LogP contribution in [0.1, 0.15) is 25.7 Å². The number of hydrogen-bond acceptors (Lipinski definition) is 3. The summed E-state index contributed by atoms with van der Waals surface area (Å²) < 4.78 is 18.7. The molecule has 20 heavy (non-hydrogen) atoms. The Morgan fingerprint density at radius 2 is 2.10 bits per heavy atom. The minimum absolute atomic E-state index is 0. The summed E-state index contributed by atoms with van der Waals surface area (Å²) in [5.74, 6) is -0.163. The van der Waals surface area contributed by atoms with Crippen LogP contribution < -0.4 is 15.8 Å². The van der Waals surface area contributed by atoms with Gasteiger partial charge in [0.1, 0.15) is 11.6 Å². The van der Waals surface area contributed by atoms with Crippen LogP contribution in [0.25, 0.3) is 0 Å². The minimum atomic E-state index is -0.546. The predicted molar refractivity (Wildman–Crippen MR) is 78.8 cm³/mol. The average Bonchev–Trinajstić information content (AvgIpc) is 2.91. The van der Waals surface area contributed by atoms with Crippen molar-refractivity contribution in [2.45, 2.75) is 25.7 Å². The van der Waals surface area contributed by atoms with Gasteiger partial charge in [0.05, 0.1) is 18.2 Å². The lowest BCUT2D eigenvalue weighted by Crippen LogP contribution is -2.40. The summed E-state index contributed by atoms with van der Waals surface area (Å²) in [4.78, 5) is 12.3. The number of carbonyl (C=O) groups is 1. The zero-order valence-corrected chi connectivity index (χ0v) is 12.3. The fourth-order valence-corrected chi connectivity index (χ4v) is 2.56. The molecule has 6 heteroatoms. The van der Waals surface area contributed by atoms with E-state index in [1.165, 1.54) is 25.3 Å². The third-order valence-corrected chi connectivity index (χ3v) is 3.85. The van der Waals surface area contributed by atoms with Gasteiger partial charge in [-0.2, -0.15) is 0 Å². The minimum Gasteiger partial charge on any atom is -0.497 e. The van der Waals surface area contributed by atoms with E-state index in [0.29, 0.717) is 12.3 Å². The summed E-state index contributed by atoms with van der Waals surface area (Å²) in [5.41, 5.74) is 5.33. The first-order chi connectivity index (χ1) is 9.11. The van der Waals surface area contributed by atoms with Crippen molar-refractivity contribution in [3.63, 3.8) is 0 Å². The highest BCUT2D eigenvalue weighted by Crippen LogP contribution is 2.38. The highest BCUT2D eigenvalue weighted by molar-refractivity contribution is 5.96. The molecule has 0 unspecified atom stereocenters. The number of anilines is 1. The van der Waals surface area contributed by atoms with Crippen LogP contribution in [0.2, 0.25) is 0 Å². The van der Waals surface area contributed by atoms with Gasteiger partial charge in [-0.25, -0.2) is 4.39 Å². The Balaban J connectivity index is 0.00000200. The number of nitrogens with two attached hydrogens (primary N) is 1. The monoisotopic (exact) mass is 302 g/mol. The van der Waals surface area contributed by atoms with Gasteiger partial charge in [0.15, 0.2) is 0 Å². The zero-order chi connectivity index (χ0) is 13.9. The number of amides is 1. The zero-order valence-electron chi connectivity index (χ0n) is 11.4. The van der Waals surface area contributed by atoms with Crippen molar-refractivity contribution >= 4 is 24.0 Å². The van der Waals surface area contributed by atoms with E-state index in [1.54, 1.807) is 0 Å². The van der Waals surface area contributed by atoms with Gasteiger partial charge in [0.25, 0.3) is 0 Å². The van der Waals surface area contributed by atoms with E-state index in [1.807, 2.05) is 0 Å². The lowest BCUT2D eigenvalue weighted by molar-refractivity contribution is -0.124. The summed E-state index contributed by atoms with van der Waals surface area (Å²) >= 11 is 0. The second kappa shape index (κ2) is 6.90. The van der Waals surface area contributed by atoms with Gasteiger partial charge in [0, 0.05) is 12.6 Å². The van der Waals surface area contributed by atoms with Crippen LogP contribution in [0.5, 0.6) is 5.75 Å². The molecule has 0 bridgehead atoms. The van der Waals surface area contributed by atoms with Gasteiger partial charge in [-0.05, 0) is 25.0 Å². The smallest absolute Gasteiger partial charge is 0.231 e. The number of rotatable bonds is 4. The van der Waals surface area contributed by atoms with E-state index in [4.69, 9.17) is 10.5 Å². The van der Waals surface area contributed by atoms with Crippen molar-refractivity contribution in [2.24, 2.45) is 11.1 Å². The predicted octanol–water partition coefficient (Wildman–Crippen LogP) is 2.71. The van der Waals surface area contributed by atoms with E-state index in [0.717, 1.165) is 25.7 Å². The molecule has 0 saturated heterocycles. The molecule has 0 aromatic heterocycles. The lowest BCUT2D eigenvalue weighted by Gasteiger charge is -2.25. The Hall–Kier alpha value is -1.33. The second-order valence-electron chi connectivity index (χ2n) is 4.99. The van der Waals surface area contributed by atoms with Gasteiger partial charge >= 0.3 is 0 Å². The molecule has 1 fully saturated rings. The third kappa shape index (κ3) is 3.22. The summed E-state index contributed by atoms with van der Waals surface area (Å²) in [7, 11) is 1.50. The summed E-state index contributed by atoms with van der Waals surface area (Å²) in [6, 6.07) is 4.27. The molecular formula is C14H20ClFN2O2. The van der Waals surface area contributed by atoms with Crippen LogP contribution in [0.3, 0.4) is 0 Å². The largest absolute Gasteiger partial charge is 0.497 e. The van der Waals surface area contributed by atoms with E-state index in [9.17, 15) is 9.18 Å². The maximum absolute atomic E-state index is 13.7. The quantitative estimate of drug-likeness (QED) is 0.899. The molecule has 1 aromatic carbocycles. The van der Waals surface area contributed by atoms with Gasteiger partial charge in [-0.15, -0.1) is 12.4 Å². The molecule has 1 aliphatic carbocycles. The fraction of sp³-hybridized carbons (Fsp3) is 0.500. The average molecular weight is 303 g/mol. The van der Waals surface area contributed by atoms with Gasteiger partial charge < -0.3 is 15.8 Å². The Kier molecular flexibility index (Phi) is 5.77. The number of methoxy groups -OCH3 is 1. The first-order valence-corrected chi connectivity index (χ1v) is 6.46. The van der Waals surface area contributed by atoms with E-state index in [-0.39, 0.29) is 24.0 Å². The number of hydrogen-bond donors (Lipinski definition) is 2. The van der Waals surface area contributed by atoms with Gasteiger partial charge in [-0.1, -0.05) is 12.8 Å². The van der Waals surface area contributed by atoms with Crippen molar-refractivity contribution in [3.8, 4) is 5.75 Å². The fourth-order valence-electron chi connectivity index (χ4n) is 2.56. The highest BCUT2D eigenvalue weighted by Gasteiger charge is 2.40. The van der Waals surface area contributed by atoms with E-state index >= 15 is 0 Å². The first kappa shape index (κ1) is 16.7. The Morgan fingerprint density at radius 1 is 1.45 bits per heavy atom. The number of halogens is 2. The number of ether oxygens (including phenoxy) is 1. The molecule has 2 rings (SSSR count). The molecule has 0 spiro atoms. The normalized spacial score (nSPS) is 16.4. The molecule has 0 radical (unpaired) electrons. The highest BCUT2D eigenvalue weighted by atomic mass is 35.5. The van der Waals surface area contributed by atoms with Crippen molar-refractivity contribution in [1.82, 2.24) is 0 Å². The van der Waals surface area contributed by atoms with Crippen molar-refractivity contribution < 1.29 is 13.9 Å². The SMILES string of the molecule is COc1ccc(F)c(NC(=O)C2(CN)CCCC2)c1.Cl. The second-order valence-corrected chi connectivity index (χ2v) is 4.99. The topological polar surface area (TPSA) is 64.3 Å². The van der Waals surface area contributed by atoms with E-state index < -0.39 is 11.2 Å². The van der Waals surface area contributed by atoms with Crippen molar-refractivity contribution in [3.05, 3.63) is 24.0 Å². The number of benzene rings is 1. The maximum atomic E-state index is 13.7. The molecule has 1 aromatic rings. The van der Waals surface area contributed by atoms with Crippen LogP contribution in [0.15, 0.2) is 18.2 Å². The standard InChI is InChI=1S/C14H19FN2O2.ClH/c1-19-10-4-5-11(15)12(8-10)17-13(18)14(9-16)6-2-3-7-14;/h4-5,8H,2-3,6-7,9,16H2,1H3,(H,17,18);1H. The van der Waals surface area contributed by atoms with E-state index in [2.05, 4.69) is 5.32 Å². The Labute approximate surface area is 124 Å². The molecule has 0 aliphatic heterocycles. The molecule has 3 N–H and O–H groups in total. The number of nitrogens with one attached hydrogen (secondary N) is 1. The summed E-state index contributed by atoms with van der Waals surface area (Å²) in [5, 5.41) is 2.64. The van der Waals surface area contributed by atoms with Crippen LogP contribution in [0.4, 0.5) is 10.1 Å².